The maximum atomic E-state index is 12.6. The van der Waals surface area contributed by atoms with Gasteiger partial charge in [0.25, 0.3) is 0 Å². The molecule has 0 spiro atoms. The molecule has 0 saturated carbocycles. The fourth-order valence-electron chi connectivity index (χ4n) is 2.67. The highest BCUT2D eigenvalue weighted by atomic mass is 16.6. The van der Waals surface area contributed by atoms with Gasteiger partial charge in [-0.1, -0.05) is 0 Å². The Bertz CT molecular complexity index is 638. The van der Waals surface area contributed by atoms with Crippen LogP contribution in [0.2, 0.25) is 0 Å². The molecule has 3 rings (SSSR count). The monoisotopic (exact) mass is 334 g/mol. The molecule has 1 N–H and O–H groups in total. The van der Waals surface area contributed by atoms with Gasteiger partial charge >= 0.3 is 0 Å². The van der Waals surface area contributed by atoms with E-state index in [0.717, 1.165) is 0 Å². The van der Waals surface area contributed by atoms with Crippen LogP contribution in [-0.4, -0.2) is 56.2 Å². The first-order chi connectivity index (χ1) is 11.5. The first kappa shape index (κ1) is 16.6. The van der Waals surface area contributed by atoms with Gasteiger partial charge in [-0.05, 0) is 26.0 Å². The van der Waals surface area contributed by atoms with Gasteiger partial charge in [-0.2, -0.15) is 0 Å². The number of ether oxygens (including phenoxy) is 3. The minimum Gasteiger partial charge on any atom is -0.486 e. The zero-order chi connectivity index (χ0) is 17.2. The molecule has 1 fully saturated rings. The van der Waals surface area contributed by atoms with E-state index in [1.54, 1.807) is 36.9 Å². The van der Waals surface area contributed by atoms with Crippen molar-refractivity contribution in [2.45, 2.75) is 13.8 Å². The molecule has 2 amide bonds. The van der Waals surface area contributed by atoms with E-state index in [-0.39, 0.29) is 11.8 Å². The molecule has 0 radical (unpaired) electrons. The Morgan fingerprint density at radius 2 is 1.71 bits per heavy atom. The third-order valence-corrected chi connectivity index (χ3v) is 4.20. The molecule has 0 bridgehead atoms. The van der Waals surface area contributed by atoms with Gasteiger partial charge in [0.2, 0.25) is 11.8 Å². The molecule has 0 unspecified atom stereocenters. The number of hydrogen-bond donors (Lipinski definition) is 1. The lowest BCUT2D eigenvalue weighted by Crippen LogP contribution is -2.51. The van der Waals surface area contributed by atoms with E-state index in [4.69, 9.17) is 14.2 Å². The number of anilines is 1. The van der Waals surface area contributed by atoms with Gasteiger partial charge < -0.3 is 24.4 Å². The zero-order valence-corrected chi connectivity index (χ0v) is 14.0. The smallest absolute Gasteiger partial charge is 0.239 e. The molecule has 7 heteroatoms. The first-order valence-corrected chi connectivity index (χ1v) is 8.07. The molecule has 2 aliphatic rings. The number of nitrogens with zero attached hydrogens (tertiary/aromatic N) is 1. The number of fused-ring (bicyclic) bond motifs is 1. The Kier molecular flexibility index (Phi) is 4.62. The molecule has 130 valence electrons. The molecule has 1 aromatic carbocycles. The Morgan fingerprint density at radius 1 is 1.04 bits per heavy atom. The summed E-state index contributed by atoms with van der Waals surface area (Å²) < 4.78 is 16.2. The number of amides is 2. The minimum atomic E-state index is -1.16. The summed E-state index contributed by atoms with van der Waals surface area (Å²) in [5.41, 5.74) is -0.586. The van der Waals surface area contributed by atoms with Crippen LogP contribution < -0.4 is 14.8 Å². The standard InChI is InChI=1S/C17H22N2O5/c1-17(2,16(21)19-5-7-22-8-6-19)15(20)18-12-3-4-13-14(11-12)24-10-9-23-13/h3-4,11H,5-10H2,1-2H3,(H,18,20). The first-order valence-electron chi connectivity index (χ1n) is 8.07. The van der Waals surface area contributed by atoms with E-state index in [0.29, 0.717) is 56.7 Å². The maximum Gasteiger partial charge on any atom is 0.239 e. The summed E-state index contributed by atoms with van der Waals surface area (Å²) in [6, 6.07) is 5.20. The van der Waals surface area contributed by atoms with Crippen molar-refractivity contribution in [2.24, 2.45) is 5.41 Å². The topological polar surface area (TPSA) is 77.1 Å². The van der Waals surface area contributed by atoms with Crippen LogP contribution >= 0.6 is 0 Å². The van der Waals surface area contributed by atoms with Crippen molar-refractivity contribution in [3.63, 3.8) is 0 Å². The summed E-state index contributed by atoms with van der Waals surface area (Å²) in [5, 5.41) is 2.80. The second kappa shape index (κ2) is 6.68. The second-order valence-corrected chi connectivity index (χ2v) is 6.34. The normalized spacial score (nSPS) is 17.3. The number of benzene rings is 1. The summed E-state index contributed by atoms with van der Waals surface area (Å²) in [7, 11) is 0. The predicted molar refractivity (Wildman–Crippen MR) is 87.2 cm³/mol. The molecule has 0 atom stereocenters. The summed E-state index contributed by atoms with van der Waals surface area (Å²) in [6.07, 6.45) is 0. The van der Waals surface area contributed by atoms with Crippen molar-refractivity contribution in [2.75, 3.05) is 44.8 Å². The van der Waals surface area contributed by atoms with E-state index in [9.17, 15) is 9.59 Å². The number of hydrogen-bond acceptors (Lipinski definition) is 5. The van der Waals surface area contributed by atoms with Gasteiger partial charge in [0, 0.05) is 24.8 Å². The van der Waals surface area contributed by atoms with Crippen LogP contribution in [-0.2, 0) is 14.3 Å². The van der Waals surface area contributed by atoms with Crippen LogP contribution in [0.4, 0.5) is 5.69 Å². The fourth-order valence-corrected chi connectivity index (χ4v) is 2.67. The quantitative estimate of drug-likeness (QED) is 0.843. The lowest BCUT2D eigenvalue weighted by Gasteiger charge is -2.33. The summed E-state index contributed by atoms with van der Waals surface area (Å²) in [4.78, 5) is 26.9. The van der Waals surface area contributed by atoms with Crippen LogP contribution in [0.15, 0.2) is 18.2 Å². The van der Waals surface area contributed by atoms with Crippen molar-refractivity contribution in [1.82, 2.24) is 4.90 Å². The van der Waals surface area contributed by atoms with Gasteiger partial charge in [0.15, 0.2) is 11.5 Å². The largest absolute Gasteiger partial charge is 0.486 e. The molecule has 2 aliphatic heterocycles. The van der Waals surface area contributed by atoms with Gasteiger partial charge in [0.1, 0.15) is 18.6 Å². The van der Waals surface area contributed by atoms with Crippen molar-refractivity contribution in [3.8, 4) is 11.5 Å². The van der Waals surface area contributed by atoms with Crippen molar-refractivity contribution in [3.05, 3.63) is 18.2 Å². The molecule has 7 nitrogen and oxygen atoms in total. The van der Waals surface area contributed by atoms with E-state index < -0.39 is 5.41 Å². The van der Waals surface area contributed by atoms with E-state index in [1.165, 1.54) is 0 Å². The summed E-state index contributed by atoms with van der Waals surface area (Å²) in [5.74, 6) is 0.704. The maximum absolute atomic E-state index is 12.6. The second-order valence-electron chi connectivity index (χ2n) is 6.34. The van der Waals surface area contributed by atoms with E-state index in [2.05, 4.69) is 5.32 Å². The predicted octanol–water partition coefficient (Wildman–Crippen LogP) is 1.28. The highest BCUT2D eigenvalue weighted by molar-refractivity contribution is 6.09. The molecule has 1 saturated heterocycles. The van der Waals surface area contributed by atoms with E-state index >= 15 is 0 Å². The fraction of sp³-hybridized carbons (Fsp3) is 0.529. The van der Waals surface area contributed by atoms with Crippen LogP contribution in [0.3, 0.4) is 0 Å². The average molecular weight is 334 g/mol. The third-order valence-electron chi connectivity index (χ3n) is 4.20. The highest BCUT2D eigenvalue weighted by Crippen LogP contribution is 2.33. The van der Waals surface area contributed by atoms with Crippen LogP contribution in [0.5, 0.6) is 11.5 Å². The molecule has 0 aliphatic carbocycles. The van der Waals surface area contributed by atoms with Crippen molar-refractivity contribution >= 4 is 17.5 Å². The van der Waals surface area contributed by atoms with Crippen LogP contribution in [0.1, 0.15) is 13.8 Å². The SMILES string of the molecule is CC(C)(C(=O)Nc1ccc2c(c1)OCCO2)C(=O)N1CCOCC1. The number of nitrogens with one attached hydrogen (secondary N) is 1. The van der Waals surface area contributed by atoms with Crippen molar-refractivity contribution < 1.29 is 23.8 Å². The lowest BCUT2D eigenvalue weighted by atomic mass is 9.90. The minimum absolute atomic E-state index is 0.194. The molecular formula is C17H22N2O5. The third kappa shape index (κ3) is 3.31. The summed E-state index contributed by atoms with van der Waals surface area (Å²) in [6.45, 7) is 6.30. The lowest BCUT2D eigenvalue weighted by molar-refractivity contribution is -0.149. The van der Waals surface area contributed by atoms with Gasteiger partial charge in [0.05, 0.1) is 13.2 Å². The Hall–Kier alpha value is -2.28. The Morgan fingerprint density at radius 3 is 2.42 bits per heavy atom. The molecule has 2 heterocycles. The zero-order valence-electron chi connectivity index (χ0n) is 14.0. The highest BCUT2D eigenvalue weighted by Gasteiger charge is 2.39. The summed E-state index contributed by atoms with van der Waals surface area (Å²) >= 11 is 0. The van der Waals surface area contributed by atoms with Gasteiger partial charge in [-0.15, -0.1) is 0 Å². The van der Waals surface area contributed by atoms with Crippen LogP contribution in [0.25, 0.3) is 0 Å². The Labute approximate surface area is 140 Å². The Balaban J connectivity index is 1.69. The van der Waals surface area contributed by atoms with Gasteiger partial charge in [-0.3, -0.25) is 9.59 Å². The number of morpholine rings is 1. The molecule has 24 heavy (non-hydrogen) atoms. The van der Waals surface area contributed by atoms with Crippen LogP contribution in [0, 0.1) is 5.41 Å². The molecule has 0 aromatic heterocycles. The van der Waals surface area contributed by atoms with Crippen molar-refractivity contribution in [1.29, 1.82) is 0 Å². The molecular weight excluding hydrogens is 312 g/mol. The number of carbonyl (C=O) groups excluding carboxylic acids is 2. The van der Waals surface area contributed by atoms with Gasteiger partial charge in [-0.25, -0.2) is 0 Å². The molecule has 1 aromatic rings. The van der Waals surface area contributed by atoms with E-state index in [1.807, 2.05) is 0 Å². The average Bonchev–Trinajstić information content (AvgIpc) is 2.61. The number of carbonyl (C=O) groups is 2. The number of rotatable bonds is 3.